The molecule has 0 spiro atoms. The summed E-state index contributed by atoms with van der Waals surface area (Å²) in [5, 5.41) is 0. The molecule has 3 rings (SSSR count). The van der Waals surface area contributed by atoms with E-state index in [1.807, 2.05) is 35.6 Å². The normalized spacial score (nSPS) is 9.70. The van der Waals surface area contributed by atoms with Crippen LogP contribution in [0.15, 0.2) is 77.0 Å². The Labute approximate surface area is 129 Å². The SMILES string of the molecule is CSc1ccc(-c2ccccc2)s1.Cc1ccccc1. The molecule has 0 amide bonds. The zero-order chi connectivity index (χ0) is 14.2. The van der Waals surface area contributed by atoms with Crippen LogP contribution in [0.5, 0.6) is 0 Å². The fourth-order valence-corrected chi connectivity index (χ4v) is 3.27. The van der Waals surface area contributed by atoms with Gasteiger partial charge in [-0.25, -0.2) is 0 Å². The summed E-state index contributed by atoms with van der Waals surface area (Å²) in [5.41, 5.74) is 2.63. The monoisotopic (exact) mass is 298 g/mol. The number of thioether (sulfide) groups is 1. The largest absolute Gasteiger partial charge is 0.129 e. The molecule has 0 unspecified atom stereocenters. The van der Waals surface area contributed by atoms with Crippen LogP contribution >= 0.6 is 23.1 Å². The van der Waals surface area contributed by atoms with E-state index in [1.54, 1.807) is 11.8 Å². The third kappa shape index (κ3) is 4.55. The summed E-state index contributed by atoms with van der Waals surface area (Å²) < 4.78 is 1.37. The van der Waals surface area contributed by atoms with E-state index in [1.165, 1.54) is 20.2 Å². The van der Waals surface area contributed by atoms with Gasteiger partial charge < -0.3 is 0 Å². The smallest absolute Gasteiger partial charge is 0.0602 e. The third-order valence-electron chi connectivity index (χ3n) is 2.78. The van der Waals surface area contributed by atoms with E-state index in [0.717, 1.165) is 0 Å². The molecule has 0 aliphatic rings. The van der Waals surface area contributed by atoms with E-state index in [9.17, 15) is 0 Å². The zero-order valence-electron chi connectivity index (χ0n) is 11.7. The van der Waals surface area contributed by atoms with E-state index >= 15 is 0 Å². The number of aryl methyl sites for hydroxylation is 1. The predicted octanol–water partition coefficient (Wildman–Crippen LogP) is 6.13. The van der Waals surface area contributed by atoms with Crippen molar-refractivity contribution in [3.63, 3.8) is 0 Å². The topological polar surface area (TPSA) is 0 Å². The molecular weight excluding hydrogens is 280 g/mol. The molecular formula is C18H18S2. The van der Waals surface area contributed by atoms with Gasteiger partial charge in [0.1, 0.15) is 0 Å². The van der Waals surface area contributed by atoms with Gasteiger partial charge in [0.25, 0.3) is 0 Å². The van der Waals surface area contributed by atoms with Gasteiger partial charge in [-0.1, -0.05) is 66.2 Å². The molecule has 20 heavy (non-hydrogen) atoms. The highest BCUT2D eigenvalue weighted by molar-refractivity contribution is 8.00. The van der Waals surface area contributed by atoms with E-state index in [0.29, 0.717) is 0 Å². The van der Waals surface area contributed by atoms with Crippen LogP contribution in [0.1, 0.15) is 5.56 Å². The Morgan fingerprint density at radius 1 is 0.750 bits per heavy atom. The molecule has 0 atom stereocenters. The number of rotatable bonds is 2. The van der Waals surface area contributed by atoms with Crippen molar-refractivity contribution < 1.29 is 0 Å². The molecule has 2 heteroatoms. The number of hydrogen-bond donors (Lipinski definition) is 0. The minimum atomic E-state index is 1.31. The molecule has 2 aromatic carbocycles. The van der Waals surface area contributed by atoms with Crippen LogP contribution in [0.4, 0.5) is 0 Å². The first-order valence-corrected chi connectivity index (χ1v) is 8.54. The van der Waals surface area contributed by atoms with Crippen molar-refractivity contribution in [1.29, 1.82) is 0 Å². The molecule has 0 N–H and O–H groups in total. The lowest BCUT2D eigenvalue weighted by molar-refractivity contribution is 1.48. The molecule has 102 valence electrons. The summed E-state index contributed by atoms with van der Waals surface area (Å²) in [7, 11) is 0. The molecule has 0 saturated heterocycles. The molecule has 0 saturated carbocycles. The fraction of sp³-hybridized carbons (Fsp3) is 0.111. The second-order valence-corrected chi connectivity index (χ2v) is 6.53. The first-order chi connectivity index (χ1) is 9.79. The summed E-state index contributed by atoms with van der Waals surface area (Å²) in [6, 6.07) is 25.1. The Bertz CT molecular complexity index is 612. The van der Waals surface area contributed by atoms with E-state index < -0.39 is 0 Å². The van der Waals surface area contributed by atoms with Gasteiger partial charge in [0.15, 0.2) is 0 Å². The highest BCUT2D eigenvalue weighted by Gasteiger charge is 2.00. The molecule has 0 fully saturated rings. The van der Waals surface area contributed by atoms with Crippen LogP contribution in [0, 0.1) is 6.92 Å². The summed E-state index contributed by atoms with van der Waals surface area (Å²) in [5.74, 6) is 0. The van der Waals surface area contributed by atoms with Crippen molar-refractivity contribution in [1.82, 2.24) is 0 Å². The van der Waals surface area contributed by atoms with E-state index in [2.05, 4.69) is 61.7 Å². The van der Waals surface area contributed by atoms with Crippen LogP contribution < -0.4 is 0 Å². The zero-order valence-corrected chi connectivity index (χ0v) is 13.4. The first-order valence-electron chi connectivity index (χ1n) is 6.50. The maximum absolute atomic E-state index is 2.19. The van der Waals surface area contributed by atoms with Crippen LogP contribution in [-0.2, 0) is 0 Å². The van der Waals surface area contributed by atoms with Crippen molar-refractivity contribution in [2.75, 3.05) is 6.26 Å². The van der Waals surface area contributed by atoms with Gasteiger partial charge in [-0.3, -0.25) is 0 Å². The van der Waals surface area contributed by atoms with Crippen LogP contribution in [0.3, 0.4) is 0 Å². The van der Waals surface area contributed by atoms with Gasteiger partial charge in [0.05, 0.1) is 4.21 Å². The number of thiophene rings is 1. The lowest BCUT2D eigenvalue weighted by atomic mass is 10.2. The van der Waals surface area contributed by atoms with Crippen LogP contribution in [0.2, 0.25) is 0 Å². The summed E-state index contributed by atoms with van der Waals surface area (Å²) in [6.07, 6.45) is 2.11. The number of benzene rings is 2. The average molecular weight is 298 g/mol. The highest BCUT2D eigenvalue weighted by Crippen LogP contribution is 2.32. The Kier molecular flexibility index (Phi) is 5.90. The molecule has 0 bridgehead atoms. The van der Waals surface area contributed by atoms with Crippen LogP contribution in [0.25, 0.3) is 10.4 Å². The lowest BCUT2D eigenvalue weighted by Gasteiger charge is -1.94. The van der Waals surface area contributed by atoms with Gasteiger partial charge in [0.2, 0.25) is 0 Å². The van der Waals surface area contributed by atoms with Crippen molar-refractivity contribution in [2.24, 2.45) is 0 Å². The van der Waals surface area contributed by atoms with E-state index in [4.69, 9.17) is 0 Å². The maximum atomic E-state index is 2.19. The Balaban J connectivity index is 0.000000178. The molecule has 1 heterocycles. The third-order valence-corrected chi connectivity index (χ3v) is 5.00. The van der Waals surface area contributed by atoms with Crippen molar-refractivity contribution in [3.8, 4) is 10.4 Å². The quantitative estimate of drug-likeness (QED) is 0.513. The Hall–Kier alpha value is -1.51. The van der Waals surface area contributed by atoms with Gasteiger partial charge in [0, 0.05) is 4.88 Å². The van der Waals surface area contributed by atoms with Gasteiger partial charge in [-0.05, 0) is 30.9 Å². The maximum Gasteiger partial charge on any atom is 0.0602 e. The molecule has 0 radical (unpaired) electrons. The predicted molar refractivity (Wildman–Crippen MR) is 92.7 cm³/mol. The standard InChI is InChI=1S/C11H10S2.C7H8/c1-12-11-8-7-10(13-11)9-5-3-2-4-6-9;1-7-5-3-2-4-6-7/h2-8H,1H3;2-6H,1H3. The summed E-state index contributed by atoms with van der Waals surface area (Å²) >= 11 is 3.65. The lowest BCUT2D eigenvalue weighted by Crippen LogP contribution is -1.67. The second-order valence-electron chi connectivity index (χ2n) is 4.34. The van der Waals surface area contributed by atoms with Crippen molar-refractivity contribution in [3.05, 3.63) is 78.4 Å². The molecule has 0 aliphatic heterocycles. The van der Waals surface area contributed by atoms with Crippen molar-refractivity contribution in [2.45, 2.75) is 11.1 Å². The average Bonchev–Trinajstić information content (AvgIpc) is 2.99. The fourth-order valence-electron chi connectivity index (χ4n) is 1.72. The minimum Gasteiger partial charge on any atom is -0.129 e. The molecule has 1 aromatic heterocycles. The minimum absolute atomic E-state index is 1.31. The van der Waals surface area contributed by atoms with Gasteiger partial charge in [-0.2, -0.15) is 0 Å². The summed E-state index contributed by atoms with van der Waals surface area (Å²) in [6.45, 7) is 2.08. The van der Waals surface area contributed by atoms with Gasteiger partial charge >= 0.3 is 0 Å². The second kappa shape index (κ2) is 7.93. The Morgan fingerprint density at radius 2 is 1.35 bits per heavy atom. The Morgan fingerprint density at radius 3 is 1.80 bits per heavy atom. The first kappa shape index (κ1) is 14.9. The molecule has 0 nitrogen and oxygen atoms in total. The summed E-state index contributed by atoms with van der Waals surface area (Å²) in [4.78, 5) is 1.35. The van der Waals surface area contributed by atoms with Crippen LogP contribution in [-0.4, -0.2) is 6.26 Å². The van der Waals surface area contributed by atoms with E-state index in [-0.39, 0.29) is 0 Å². The molecule has 3 aromatic rings. The van der Waals surface area contributed by atoms with Gasteiger partial charge in [-0.15, -0.1) is 23.1 Å². The highest BCUT2D eigenvalue weighted by atomic mass is 32.2. The van der Waals surface area contributed by atoms with Crippen molar-refractivity contribution >= 4 is 23.1 Å². The molecule has 0 aliphatic carbocycles. The number of hydrogen-bond acceptors (Lipinski definition) is 2.